The zero-order valence-electron chi connectivity index (χ0n) is 17.1. The van der Waals surface area contributed by atoms with Crippen LogP contribution in [0.1, 0.15) is 16.7 Å². The highest BCUT2D eigenvalue weighted by Gasteiger charge is 2.35. The number of hydrogen-bond acceptors (Lipinski definition) is 6. The van der Waals surface area contributed by atoms with Crippen LogP contribution in [0.25, 0.3) is 6.08 Å². The van der Waals surface area contributed by atoms with Gasteiger partial charge in [0, 0.05) is 7.05 Å². The molecule has 1 N–H and O–H groups in total. The third kappa shape index (κ3) is 5.14. The monoisotopic (exact) mass is 478 g/mol. The SMILES string of the molecule is CN1C(=O)OCC1Cc1ccc(Oc2ccc(C=C3SC(=O)NC3=O)cc2C(F)(F)F)cc1. The molecule has 2 heterocycles. The van der Waals surface area contributed by atoms with Crippen LogP contribution in [0, 0.1) is 0 Å². The number of likely N-dealkylation sites (N-methyl/N-ethyl adjacent to an activating group) is 1. The molecule has 0 saturated carbocycles. The van der Waals surface area contributed by atoms with E-state index in [1.54, 1.807) is 31.3 Å². The van der Waals surface area contributed by atoms with Crippen LogP contribution in [-0.4, -0.2) is 41.8 Å². The fourth-order valence-corrected chi connectivity index (χ4v) is 4.02. The molecule has 2 fully saturated rings. The first kappa shape index (κ1) is 22.7. The van der Waals surface area contributed by atoms with Crippen LogP contribution >= 0.6 is 11.8 Å². The fraction of sp³-hybridized carbons (Fsp3) is 0.227. The van der Waals surface area contributed by atoms with Gasteiger partial charge in [-0.05, 0) is 59.7 Å². The summed E-state index contributed by atoms with van der Waals surface area (Å²) in [5.41, 5.74) is -0.0360. The average Bonchev–Trinajstić information content (AvgIpc) is 3.24. The van der Waals surface area contributed by atoms with Gasteiger partial charge in [0.2, 0.25) is 0 Å². The molecule has 2 aromatic carbocycles. The standard InChI is InChI=1S/C22H17F3N2O5S/c1-27-14(11-31-21(27)30)8-12-2-5-15(6-3-12)32-17-7-4-13(9-16(17)22(23,24)25)10-18-19(28)26-20(29)33-18/h2-7,9-10,14H,8,11H2,1H3,(H,26,28,29). The third-order valence-electron chi connectivity index (χ3n) is 5.11. The van der Waals surface area contributed by atoms with E-state index < -0.39 is 34.7 Å². The lowest BCUT2D eigenvalue weighted by Crippen LogP contribution is -2.30. The molecule has 2 saturated heterocycles. The predicted octanol–water partition coefficient (Wildman–Crippen LogP) is 4.81. The molecule has 33 heavy (non-hydrogen) atoms. The number of carbonyl (C=O) groups excluding carboxylic acids is 3. The molecular formula is C22H17F3N2O5S. The molecule has 2 aliphatic rings. The molecule has 2 aliphatic heterocycles. The van der Waals surface area contributed by atoms with Gasteiger partial charge in [0.05, 0.1) is 16.5 Å². The molecule has 4 rings (SSSR count). The molecule has 7 nitrogen and oxygen atoms in total. The Balaban J connectivity index is 1.52. The van der Waals surface area contributed by atoms with Crippen molar-refractivity contribution in [3.8, 4) is 11.5 Å². The summed E-state index contributed by atoms with van der Waals surface area (Å²) in [5.74, 6) is -0.844. The van der Waals surface area contributed by atoms with Gasteiger partial charge in [-0.2, -0.15) is 13.2 Å². The third-order valence-corrected chi connectivity index (χ3v) is 5.92. The lowest BCUT2D eigenvalue weighted by Gasteiger charge is -2.17. The Hall–Kier alpha value is -3.47. The summed E-state index contributed by atoms with van der Waals surface area (Å²) < 4.78 is 51.4. The lowest BCUT2D eigenvalue weighted by atomic mass is 10.1. The quantitative estimate of drug-likeness (QED) is 0.621. The van der Waals surface area contributed by atoms with Gasteiger partial charge in [0.1, 0.15) is 18.1 Å². The Morgan fingerprint density at radius 3 is 2.48 bits per heavy atom. The maximum Gasteiger partial charge on any atom is 0.420 e. The Morgan fingerprint density at radius 1 is 1.18 bits per heavy atom. The first-order chi connectivity index (χ1) is 15.6. The smallest absolute Gasteiger partial charge is 0.420 e. The number of nitrogens with zero attached hydrogens (tertiary/aromatic N) is 1. The largest absolute Gasteiger partial charge is 0.457 e. The minimum atomic E-state index is -4.70. The molecule has 0 bridgehead atoms. The van der Waals surface area contributed by atoms with E-state index in [1.165, 1.54) is 23.1 Å². The molecule has 0 aromatic heterocycles. The van der Waals surface area contributed by atoms with Gasteiger partial charge in [-0.1, -0.05) is 18.2 Å². The van der Waals surface area contributed by atoms with Crippen LogP contribution in [0.3, 0.4) is 0 Å². The molecule has 11 heteroatoms. The Labute approximate surface area is 190 Å². The number of ether oxygens (including phenoxy) is 2. The van der Waals surface area contributed by atoms with Crippen molar-refractivity contribution in [3.63, 3.8) is 0 Å². The Kier molecular flexibility index (Phi) is 6.07. The summed E-state index contributed by atoms with van der Waals surface area (Å²) in [6.07, 6.45) is -3.34. The Bertz CT molecular complexity index is 1150. The topological polar surface area (TPSA) is 84.9 Å². The van der Waals surface area contributed by atoms with Crippen molar-refractivity contribution in [3.05, 3.63) is 64.1 Å². The van der Waals surface area contributed by atoms with E-state index in [2.05, 4.69) is 5.32 Å². The van der Waals surface area contributed by atoms with Crippen molar-refractivity contribution in [1.29, 1.82) is 0 Å². The molecule has 0 spiro atoms. The van der Waals surface area contributed by atoms with Crippen molar-refractivity contribution >= 4 is 35.1 Å². The molecule has 2 aromatic rings. The number of alkyl halides is 3. The number of hydrogen-bond donors (Lipinski definition) is 1. The van der Waals surface area contributed by atoms with Gasteiger partial charge >= 0.3 is 12.3 Å². The zero-order valence-corrected chi connectivity index (χ0v) is 18.0. The van der Waals surface area contributed by atoms with Crippen LogP contribution in [0.2, 0.25) is 0 Å². The predicted molar refractivity (Wildman–Crippen MR) is 114 cm³/mol. The minimum absolute atomic E-state index is 0.0115. The molecule has 3 amide bonds. The Morgan fingerprint density at radius 2 is 1.91 bits per heavy atom. The number of halogens is 3. The van der Waals surface area contributed by atoms with Crippen molar-refractivity contribution in [2.75, 3.05) is 13.7 Å². The highest BCUT2D eigenvalue weighted by Crippen LogP contribution is 2.39. The molecule has 0 aliphatic carbocycles. The highest BCUT2D eigenvalue weighted by atomic mass is 32.2. The number of nitrogens with one attached hydrogen (secondary N) is 1. The van der Waals surface area contributed by atoms with Crippen molar-refractivity contribution < 1.29 is 37.0 Å². The van der Waals surface area contributed by atoms with E-state index in [0.717, 1.165) is 11.6 Å². The fourth-order valence-electron chi connectivity index (χ4n) is 3.34. The normalized spacial score (nSPS) is 19.8. The number of benzene rings is 2. The number of imide groups is 1. The summed E-state index contributed by atoms with van der Waals surface area (Å²) in [6, 6.07) is 9.81. The summed E-state index contributed by atoms with van der Waals surface area (Å²) in [7, 11) is 1.64. The van der Waals surface area contributed by atoms with Gasteiger partial charge in [0.25, 0.3) is 11.1 Å². The summed E-state index contributed by atoms with van der Waals surface area (Å²) in [4.78, 5) is 35.9. The van der Waals surface area contributed by atoms with Crippen LogP contribution in [0.4, 0.5) is 22.8 Å². The van der Waals surface area contributed by atoms with E-state index in [1.807, 2.05) is 0 Å². The molecule has 1 atom stereocenters. The van der Waals surface area contributed by atoms with Gasteiger partial charge in [-0.25, -0.2) is 4.79 Å². The summed E-state index contributed by atoms with van der Waals surface area (Å²) in [5, 5.41) is 1.47. The van der Waals surface area contributed by atoms with Gasteiger partial charge < -0.3 is 14.4 Å². The van der Waals surface area contributed by atoms with Crippen molar-refractivity contribution in [2.45, 2.75) is 18.6 Å². The maximum absolute atomic E-state index is 13.7. The highest BCUT2D eigenvalue weighted by molar-refractivity contribution is 8.18. The van der Waals surface area contributed by atoms with Gasteiger partial charge in [0.15, 0.2) is 0 Å². The second-order valence-electron chi connectivity index (χ2n) is 7.40. The van der Waals surface area contributed by atoms with Crippen LogP contribution in [-0.2, 0) is 22.1 Å². The van der Waals surface area contributed by atoms with E-state index in [-0.39, 0.29) is 28.9 Å². The number of carbonyl (C=O) groups is 3. The second kappa shape index (κ2) is 8.81. The summed E-state index contributed by atoms with van der Waals surface area (Å²) >= 11 is 0.621. The average molecular weight is 478 g/mol. The van der Waals surface area contributed by atoms with Gasteiger partial charge in [-0.3, -0.25) is 14.9 Å². The van der Waals surface area contributed by atoms with E-state index in [9.17, 15) is 27.6 Å². The number of cyclic esters (lactones) is 1. The van der Waals surface area contributed by atoms with Crippen LogP contribution < -0.4 is 10.1 Å². The van der Waals surface area contributed by atoms with E-state index >= 15 is 0 Å². The number of thioether (sulfide) groups is 1. The first-order valence-electron chi connectivity index (χ1n) is 9.72. The zero-order chi connectivity index (χ0) is 23.8. The van der Waals surface area contributed by atoms with Gasteiger partial charge in [-0.15, -0.1) is 0 Å². The summed E-state index contributed by atoms with van der Waals surface area (Å²) in [6.45, 7) is 0.277. The first-order valence-corrected chi connectivity index (χ1v) is 10.5. The lowest BCUT2D eigenvalue weighted by molar-refractivity contribution is -0.138. The van der Waals surface area contributed by atoms with Crippen molar-refractivity contribution in [2.24, 2.45) is 0 Å². The van der Waals surface area contributed by atoms with Crippen molar-refractivity contribution in [1.82, 2.24) is 10.2 Å². The van der Waals surface area contributed by atoms with Crippen LogP contribution in [0.5, 0.6) is 11.5 Å². The molecule has 1 unspecified atom stereocenters. The van der Waals surface area contributed by atoms with E-state index in [4.69, 9.17) is 9.47 Å². The van der Waals surface area contributed by atoms with E-state index in [0.29, 0.717) is 18.2 Å². The minimum Gasteiger partial charge on any atom is -0.457 e. The molecule has 172 valence electrons. The number of rotatable bonds is 5. The molecule has 0 radical (unpaired) electrons. The molecular weight excluding hydrogens is 461 g/mol. The maximum atomic E-state index is 13.7. The number of amides is 3. The van der Waals surface area contributed by atoms with Crippen LogP contribution in [0.15, 0.2) is 47.4 Å². The second-order valence-corrected chi connectivity index (χ2v) is 8.41.